The van der Waals surface area contributed by atoms with Gasteiger partial charge in [0.1, 0.15) is 0 Å². The average molecular weight is 342 g/mol. The first kappa shape index (κ1) is 15.3. The standard InChI is InChI=1S/C14H7ClF3N3O2/c15-11-6-9(14(16,17)18)1-3-13(11)20-12-4-2-10(21(22)23)5-8(12)7-19-20/h1-7H. The molecule has 0 unspecified atom stereocenters. The third-order valence-corrected chi connectivity index (χ3v) is 3.57. The Bertz CT molecular complexity index is 921. The molecule has 0 fully saturated rings. The smallest absolute Gasteiger partial charge is 0.258 e. The molecule has 0 N–H and O–H groups in total. The fraction of sp³-hybridized carbons (Fsp3) is 0.0714. The molecule has 0 spiro atoms. The molecule has 23 heavy (non-hydrogen) atoms. The molecule has 0 atom stereocenters. The van der Waals surface area contributed by atoms with E-state index in [-0.39, 0.29) is 16.4 Å². The highest BCUT2D eigenvalue weighted by atomic mass is 35.5. The van der Waals surface area contributed by atoms with Crippen LogP contribution in [0.5, 0.6) is 0 Å². The van der Waals surface area contributed by atoms with Crippen LogP contribution in [0.2, 0.25) is 5.02 Å². The lowest BCUT2D eigenvalue weighted by atomic mass is 10.2. The fourth-order valence-electron chi connectivity index (χ4n) is 2.18. The van der Waals surface area contributed by atoms with Gasteiger partial charge in [-0.25, -0.2) is 4.68 Å². The number of nitro groups is 1. The summed E-state index contributed by atoms with van der Waals surface area (Å²) in [6.07, 6.45) is -3.11. The van der Waals surface area contributed by atoms with Crippen LogP contribution in [0.1, 0.15) is 5.56 Å². The van der Waals surface area contributed by atoms with Gasteiger partial charge < -0.3 is 0 Å². The highest BCUT2D eigenvalue weighted by molar-refractivity contribution is 6.32. The van der Waals surface area contributed by atoms with Gasteiger partial charge >= 0.3 is 6.18 Å². The second kappa shape index (κ2) is 5.24. The van der Waals surface area contributed by atoms with E-state index in [1.165, 1.54) is 35.1 Å². The molecule has 0 aliphatic rings. The number of aromatic nitrogens is 2. The molecular weight excluding hydrogens is 335 g/mol. The average Bonchev–Trinajstić information content (AvgIpc) is 2.89. The number of halogens is 4. The first-order chi connectivity index (χ1) is 10.8. The summed E-state index contributed by atoms with van der Waals surface area (Å²) in [4.78, 5) is 10.2. The van der Waals surface area contributed by atoms with Gasteiger partial charge in [-0.1, -0.05) is 11.6 Å². The summed E-state index contributed by atoms with van der Waals surface area (Å²) in [5.41, 5.74) is -0.213. The largest absolute Gasteiger partial charge is 0.416 e. The Morgan fingerprint density at radius 3 is 2.52 bits per heavy atom. The molecule has 0 saturated heterocycles. The molecule has 0 saturated carbocycles. The summed E-state index contributed by atoms with van der Waals surface area (Å²) in [6, 6.07) is 7.01. The van der Waals surface area contributed by atoms with Gasteiger partial charge in [-0.3, -0.25) is 10.1 Å². The summed E-state index contributed by atoms with van der Waals surface area (Å²) in [7, 11) is 0. The highest BCUT2D eigenvalue weighted by Crippen LogP contribution is 2.34. The second-order valence-electron chi connectivity index (χ2n) is 4.72. The van der Waals surface area contributed by atoms with E-state index < -0.39 is 16.7 Å². The molecule has 1 aromatic heterocycles. The van der Waals surface area contributed by atoms with Crippen molar-refractivity contribution in [2.24, 2.45) is 0 Å². The fourth-order valence-corrected chi connectivity index (χ4v) is 2.44. The molecule has 1 heterocycles. The summed E-state index contributed by atoms with van der Waals surface area (Å²) in [5.74, 6) is 0. The number of nitro benzene ring substituents is 1. The van der Waals surface area contributed by atoms with Gasteiger partial charge in [0.05, 0.1) is 32.9 Å². The molecule has 0 bridgehead atoms. The monoisotopic (exact) mass is 341 g/mol. The second-order valence-corrected chi connectivity index (χ2v) is 5.13. The van der Waals surface area contributed by atoms with Crippen molar-refractivity contribution in [2.45, 2.75) is 6.18 Å². The maximum atomic E-state index is 12.7. The minimum absolute atomic E-state index is 0.101. The lowest BCUT2D eigenvalue weighted by Crippen LogP contribution is -2.06. The van der Waals surface area contributed by atoms with Gasteiger partial charge in [-0.05, 0) is 24.3 Å². The van der Waals surface area contributed by atoms with E-state index in [4.69, 9.17) is 11.6 Å². The third kappa shape index (κ3) is 2.72. The summed E-state index contributed by atoms with van der Waals surface area (Å²) in [6.45, 7) is 0. The van der Waals surface area contributed by atoms with Crippen molar-refractivity contribution in [3.8, 4) is 5.69 Å². The predicted molar refractivity (Wildman–Crippen MR) is 77.7 cm³/mol. The van der Waals surface area contributed by atoms with Gasteiger partial charge in [-0.15, -0.1) is 0 Å². The third-order valence-electron chi connectivity index (χ3n) is 3.27. The lowest BCUT2D eigenvalue weighted by Gasteiger charge is -2.10. The van der Waals surface area contributed by atoms with Crippen LogP contribution in [0, 0.1) is 10.1 Å². The molecule has 0 aliphatic heterocycles. The van der Waals surface area contributed by atoms with E-state index in [1.807, 2.05) is 0 Å². The van der Waals surface area contributed by atoms with Gasteiger partial charge in [0.25, 0.3) is 5.69 Å². The molecule has 3 rings (SSSR count). The SMILES string of the molecule is O=[N+]([O-])c1ccc2c(cnn2-c2ccc(C(F)(F)F)cc2Cl)c1. The number of nitrogens with zero attached hydrogens (tertiary/aromatic N) is 3. The predicted octanol–water partition coefficient (Wildman–Crippen LogP) is 4.61. The Labute approximate surface area is 132 Å². The molecule has 5 nitrogen and oxygen atoms in total. The van der Waals surface area contributed by atoms with Crippen LogP contribution < -0.4 is 0 Å². The first-order valence-corrected chi connectivity index (χ1v) is 6.64. The number of alkyl halides is 3. The van der Waals surface area contributed by atoms with Crippen molar-refractivity contribution in [3.63, 3.8) is 0 Å². The number of hydrogen-bond acceptors (Lipinski definition) is 3. The zero-order valence-electron chi connectivity index (χ0n) is 11.2. The van der Waals surface area contributed by atoms with E-state index >= 15 is 0 Å². The van der Waals surface area contributed by atoms with Crippen LogP contribution in [-0.4, -0.2) is 14.7 Å². The zero-order chi connectivity index (χ0) is 16.8. The maximum Gasteiger partial charge on any atom is 0.416 e. The van der Waals surface area contributed by atoms with E-state index in [1.54, 1.807) is 0 Å². The summed E-state index contributed by atoms with van der Waals surface area (Å²) >= 11 is 5.94. The molecule has 0 radical (unpaired) electrons. The molecule has 3 aromatic rings. The topological polar surface area (TPSA) is 61.0 Å². The van der Waals surface area contributed by atoms with Crippen LogP contribution in [0.25, 0.3) is 16.6 Å². The Hall–Kier alpha value is -2.61. The Kier molecular flexibility index (Phi) is 3.48. The van der Waals surface area contributed by atoms with Crippen molar-refractivity contribution in [2.75, 3.05) is 0 Å². The van der Waals surface area contributed by atoms with E-state index in [9.17, 15) is 23.3 Å². The summed E-state index contributed by atoms with van der Waals surface area (Å²) in [5, 5.41) is 15.2. The van der Waals surface area contributed by atoms with E-state index in [0.717, 1.165) is 12.1 Å². The van der Waals surface area contributed by atoms with Crippen LogP contribution >= 0.6 is 11.6 Å². The minimum Gasteiger partial charge on any atom is -0.258 e. The highest BCUT2D eigenvalue weighted by Gasteiger charge is 2.31. The van der Waals surface area contributed by atoms with Gasteiger partial charge in [0, 0.05) is 17.5 Å². The number of non-ortho nitro benzene ring substituents is 1. The van der Waals surface area contributed by atoms with E-state index in [2.05, 4.69) is 5.10 Å². The summed E-state index contributed by atoms with van der Waals surface area (Å²) < 4.78 is 39.3. The normalized spacial score (nSPS) is 11.8. The molecule has 0 aliphatic carbocycles. The van der Waals surface area contributed by atoms with E-state index in [0.29, 0.717) is 10.9 Å². The van der Waals surface area contributed by atoms with Crippen LogP contribution in [0.4, 0.5) is 18.9 Å². The van der Waals surface area contributed by atoms with Crippen LogP contribution in [-0.2, 0) is 6.18 Å². The molecule has 0 amide bonds. The number of hydrogen-bond donors (Lipinski definition) is 0. The minimum atomic E-state index is -4.49. The van der Waals surface area contributed by atoms with Crippen LogP contribution in [0.3, 0.4) is 0 Å². The van der Waals surface area contributed by atoms with Gasteiger partial charge in [0.15, 0.2) is 0 Å². The first-order valence-electron chi connectivity index (χ1n) is 6.26. The number of benzene rings is 2. The molecular formula is C14H7ClF3N3O2. The van der Waals surface area contributed by atoms with Crippen molar-refractivity contribution in [1.29, 1.82) is 0 Å². The van der Waals surface area contributed by atoms with Crippen molar-refractivity contribution >= 4 is 28.2 Å². The van der Waals surface area contributed by atoms with Crippen molar-refractivity contribution in [3.05, 3.63) is 63.3 Å². The maximum absolute atomic E-state index is 12.7. The molecule has 118 valence electrons. The quantitative estimate of drug-likeness (QED) is 0.505. The number of rotatable bonds is 2. The zero-order valence-corrected chi connectivity index (χ0v) is 12.0. The molecule has 2 aromatic carbocycles. The number of fused-ring (bicyclic) bond motifs is 1. The van der Waals surface area contributed by atoms with Gasteiger partial charge in [0.2, 0.25) is 0 Å². The lowest BCUT2D eigenvalue weighted by molar-refractivity contribution is -0.384. The van der Waals surface area contributed by atoms with Crippen molar-refractivity contribution < 1.29 is 18.1 Å². The Balaban J connectivity index is 2.12. The molecule has 9 heteroatoms. The Morgan fingerprint density at radius 1 is 1.17 bits per heavy atom. The van der Waals surface area contributed by atoms with Crippen molar-refractivity contribution in [1.82, 2.24) is 9.78 Å². The van der Waals surface area contributed by atoms with Gasteiger partial charge in [-0.2, -0.15) is 18.3 Å². The Morgan fingerprint density at radius 2 is 1.91 bits per heavy atom. The van der Waals surface area contributed by atoms with Crippen LogP contribution in [0.15, 0.2) is 42.6 Å².